The van der Waals surface area contributed by atoms with Crippen LogP contribution in [0.2, 0.25) is 0 Å². The number of nitrogens with zero attached hydrogens (tertiary/aromatic N) is 2. The van der Waals surface area contributed by atoms with Gasteiger partial charge in [-0.1, -0.05) is 6.92 Å². The molecular formula is C12H21N3O. The van der Waals surface area contributed by atoms with Crippen molar-refractivity contribution in [2.24, 2.45) is 13.0 Å². The highest BCUT2D eigenvalue weighted by Gasteiger charge is 2.27. The van der Waals surface area contributed by atoms with Gasteiger partial charge in [-0.2, -0.15) is 0 Å². The van der Waals surface area contributed by atoms with Crippen LogP contribution in [0.15, 0.2) is 12.4 Å². The van der Waals surface area contributed by atoms with Crippen molar-refractivity contribution in [1.82, 2.24) is 14.9 Å². The molecule has 0 radical (unpaired) electrons. The van der Waals surface area contributed by atoms with Gasteiger partial charge in [-0.3, -0.25) is 0 Å². The lowest BCUT2D eigenvalue weighted by Gasteiger charge is -2.30. The molecule has 2 heterocycles. The predicted octanol–water partition coefficient (Wildman–Crippen LogP) is 1.50. The van der Waals surface area contributed by atoms with Crippen molar-refractivity contribution in [3.8, 4) is 0 Å². The van der Waals surface area contributed by atoms with Crippen molar-refractivity contribution in [3.63, 3.8) is 0 Å². The summed E-state index contributed by atoms with van der Waals surface area (Å²) in [5.41, 5.74) is 0. The highest BCUT2D eigenvalue weighted by Crippen LogP contribution is 2.27. The van der Waals surface area contributed by atoms with Crippen LogP contribution < -0.4 is 5.32 Å². The zero-order chi connectivity index (χ0) is 11.4. The Kier molecular flexibility index (Phi) is 3.96. The summed E-state index contributed by atoms with van der Waals surface area (Å²) >= 11 is 0. The highest BCUT2D eigenvalue weighted by molar-refractivity contribution is 5.01. The minimum absolute atomic E-state index is 0.324. The first-order chi connectivity index (χ1) is 7.83. The molecule has 1 saturated heterocycles. The molecule has 0 spiro atoms. The van der Waals surface area contributed by atoms with E-state index in [1.165, 1.54) is 6.42 Å². The van der Waals surface area contributed by atoms with Gasteiger partial charge in [-0.05, 0) is 19.4 Å². The van der Waals surface area contributed by atoms with Gasteiger partial charge in [-0.25, -0.2) is 4.98 Å². The van der Waals surface area contributed by atoms with E-state index in [1.54, 1.807) is 0 Å². The molecule has 2 rings (SSSR count). The van der Waals surface area contributed by atoms with Crippen molar-refractivity contribution >= 4 is 0 Å². The molecule has 4 heteroatoms. The highest BCUT2D eigenvalue weighted by atomic mass is 16.5. The summed E-state index contributed by atoms with van der Waals surface area (Å²) < 4.78 is 7.67. The van der Waals surface area contributed by atoms with Crippen molar-refractivity contribution in [2.45, 2.75) is 25.8 Å². The van der Waals surface area contributed by atoms with Gasteiger partial charge < -0.3 is 14.6 Å². The molecule has 0 aliphatic carbocycles. The van der Waals surface area contributed by atoms with E-state index in [0.29, 0.717) is 12.0 Å². The third-order valence-electron chi connectivity index (χ3n) is 3.23. The number of hydrogen-bond acceptors (Lipinski definition) is 3. The zero-order valence-corrected chi connectivity index (χ0v) is 10.1. The molecule has 0 aromatic carbocycles. The Morgan fingerprint density at radius 1 is 1.69 bits per heavy atom. The third-order valence-corrected chi connectivity index (χ3v) is 3.23. The lowest BCUT2D eigenvalue weighted by molar-refractivity contribution is 0.0375. The first-order valence-corrected chi connectivity index (χ1v) is 6.11. The van der Waals surface area contributed by atoms with Gasteiger partial charge >= 0.3 is 0 Å². The van der Waals surface area contributed by atoms with Crippen LogP contribution >= 0.6 is 0 Å². The summed E-state index contributed by atoms with van der Waals surface area (Å²) in [5.74, 6) is 1.67. The topological polar surface area (TPSA) is 39.1 Å². The molecule has 0 amide bonds. The molecule has 2 atom stereocenters. The Hall–Kier alpha value is -0.870. The molecule has 1 aromatic rings. The molecule has 2 unspecified atom stereocenters. The summed E-state index contributed by atoms with van der Waals surface area (Å²) in [7, 11) is 2.05. The summed E-state index contributed by atoms with van der Waals surface area (Å²) in [5, 5.41) is 3.53. The number of aromatic nitrogens is 2. The molecule has 1 fully saturated rings. The lowest BCUT2D eigenvalue weighted by atomic mass is 9.93. The van der Waals surface area contributed by atoms with Gasteiger partial charge in [0.2, 0.25) is 0 Å². The third kappa shape index (κ3) is 2.44. The molecule has 16 heavy (non-hydrogen) atoms. The zero-order valence-electron chi connectivity index (χ0n) is 10.1. The first kappa shape index (κ1) is 11.6. The molecule has 1 aliphatic heterocycles. The predicted molar refractivity (Wildman–Crippen MR) is 63.2 cm³/mol. The van der Waals surface area contributed by atoms with Gasteiger partial charge in [0.1, 0.15) is 5.82 Å². The summed E-state index contributed by atoms with van der Waals surface area (Å²) in [6.45, 7) is 4.87. The fourth-order valence-corrected chi connectivity index (χ4v) is 2.39. The van der Waals surface area contributed by atoms with E-state index >= 15 is 0 Å². The van der Waals surface area contributed by atoms with Crippen LogP contribution in [0.25, 0.3) is 0 Å². The Labute approximate surface area is 97.0 Å². The average molecular weight is 223 g/mol. The molecule has 1 aliphatic rings. The number of nitrogens with one attached hydrogen (secondary N) is 1. The van der Waals surface area contributed by atoms with Gasteiger partial charge in [0.05, 0.1) is 12.6 Å². The molecule has 0 saturated carbocycles. The van der Waals surface area contributed by atoms with E-state index < -0.39 is 0 Å². The van der Waals surface area contributed by atoms with E-state index in [9.17, 15) is 0 Å². The molecule has 90 valence electrons. The van der Waals surface area contributed by atoms with Crippen molar-refractivity contribution in [1.29, 1.82) is 0 Å². The lowest BCUT2D eigenvalue weighted by Crippen LogP contribution is -2.35. The molecule has 1 aromatic heterocycles. The second-order valence-corrected chi connectivity index (χ2v) is 4.41. The SMILES string of the molecule is CCNC(c1nccn1C)C1CCCOC1. The molecular weight excluding hydrogens is 202 g/mol. The Morgan fingerprint density at radius 2 is 2.56 bits per heavy atom. The molecule has 4 nitrogen and oxygen atoms in total. The van der Waals surface area contributed by atoms with Crippen LogP contribution in [0.4, 0.5) is 0 Å². The van der Waals surface area contributed by atoms with E-state index in [2.05, 4.69) is 28.8 Å². The fraction of sp³-hybridized carbons (Fsp3) is 0.750. The van der Waals surface area contributed by atoms with E-state index in [0.717, 1.165) is 32.0 Å². The van der Waals surface area contributed by atoms with Crippen LogP contribution in [-0.2, 0) is 11.8 Å². The van der Waals surface area contributed by atoms with E-state index in [-0.39, 0.29) is 0 Å². The monoisotopic (exact) mass is 223 g/mol. The maximum Gasteiger partial charge on any atom is 0.125 e. The van der Waals surface area contributed by atoms with Crippen molar-refractivity contribution in [2.75, 3.05) is 19.8 Å². The summed E-state index contributed by atoms with van der Waals surface area (Å²) in [4.78, 5) is 4.45. The van der Waals surface area contributed by atoms with Gasteiger partial charge in [0, 0.05) is 32.0 Å². The van der Waals surface area contributed by atoms with Crippen LogP contribution in [0.5, 0.6) is 0 Å². The Morgan fingerprint density at radius 3 is 3.12 bits per heavy atom. The maximum absolute atomic E-state index is 5.57. The van der Waals surface area contributed by atoms with Crippen molar-refractivity contribution < 1.29 is 4.74 Å². The number of aryl methyl sites for hydroxylation is 1. The second kappa shape index (κ2) is 5.46. The van der Waals surface area contributed by atoms with Gasteiger partial charge in [0.15, 0.2) is 0 Å². The molecule has 0 bridgehead atoms. The first-order valence-electron chi connectivity index (χ1n) is 6.11. The number of imidazole rings is 1. The fourth-order valence-electron chi connectivity index (χ4n) is 2.39. The summed E-state index contributed by atoms with van der Waals surface area (Å²) in [6.07, 6.45) is 6.26. The molecule has 1 N–H and O–H groups in total. The van der Waals surface area contributed by atoms with E-state index in [4.69, 9.17) is 4.74 Å². The van der Waals surface area contributed by atoms with Crippen LogP contribution in [0.1, 0.15) is 31.6 Å². The van der Waals surface area contributed by atoms with Crippen molar-refractivity contribution in [3.05, 3.63) is 18.2 Å². The normalized spacial score (nSPS) is 23.2. The minimum Gasteiger partial charge on any atom is -0.381 e. The van der Waals surface area contributed by atoms with Crippen LogP contribution in [0.3, 0.4) is 0 Å². The second-order valence-electron chi connectivity index (χ2n) is 4.41. The Bertz CT molecular complexity index is 318. The van der Waals surface area contributed by atoms with Gasteiger partial charge in [0.25, 0.3) is 0 Å². The smallest absolute Gasteiger partial charge is 0.125 e. The van der Waals surface area contributed by atoms with Crippen LogP contribution in [-0.4, -0.2) is 29.3 Å². The quantitative estimate of drug-likeness (QED) is 0.840. The maximum atomic E-state index is 5.57. The van der Waals surface area contributed by atoms with Gasteiger partial charge in [-0.15, -0.1) is 0 Å². The summed E-state index contributed by atoms with van der Waals surface area (Å²) in [6, 6.07) is 0.324. The number of hydrogen-bond donors (Lipinski definition) is 1. The van der Waals surface area contributed by atoms with Crippen LogP contribution in [0, 0.1) is 5.92 Å². The average Bonchev–Trinajstić information content (AvgIpc) is 2.73. The number of ether oxygens (including phenoxy) is 1. The Balaban J connectivity index is 2.12. The number of rotatable bonds is 4. The minimum atomic E-state index is 0.324. The standard InChI is InChI=1S/C12H21N3O/c1-3-13-11(10-5-4-8-16-9-10)12-14-6-7-15(12)2/h6-7,10-11,13H,3-5,8-9H2,1-2H3. The van der Waals surface area contributed by atoms with E-state index in [1.807, 2.05) is 12.4 Å². The largest absolute Gasteiger partial charge is 0.381 e.